The van der Waals surface area contributed by atoms with Gasteiger partial charge < -0.3 is 20.5 Å². The number of rotatable bonds is 10. The van der Waals surface area contributed by atoms with Crippen LogP contribution in [0.5, 0.6) is 0 Å². The highest BCUT2D eigenvalue weighted by molar-refractivity contribution is 14.0. The topological polar surface area (TPSA) is 74.5 Å². The molecule has 0 radical (unpaired) electrons. The monoisotopic (exact) mass is 527 g/mol. The Kier molecular flexibility index (Phi) is 11.4. The van der Waals surface area contributed by atoms with E-state index in [9.17, 15) is 0 Å². The zero-order valence-corrected chi connectivity index (χ0v) is 21.5. The van der Waals surface area contributed by atoms with Crippen molar-refractivity contribution in [3.8, 4) is 0 Å². The zero-order chi connectivity index (χ0) is 21.3. The fraction of sp³-hybridized carbons (Fsp3) is 0.565. The van der Waals surface area contributed by atoms with Gasteiger partial charge in [-0.05, 0) is 39.7 Å². The molecule has 0 saturated carbocycles. The average Bonchev–Trinajstić information content (AvgIpc) is 3.12. The minimum Gasteiger partial charge on any atom is -0.361 e. The van der Waals surface area contributed by atoms with Crippen LogP contribution in [-0.4, -0.2) is 29.7 Å². The number of aromatic nitrogens is 1. The number of hydrogen-bond donors (Lipinski definition) is 3. The molecule has 3 N–H and O–H groups in total. The van der Waals surface area contributed by atoms with Gasteiger partial charge in [-0.1, -0.05) is 49.3 Å². The highest BCUT2D eigenvalue weighted by Crippen LogP contribution is 2.17. The van der Waals surface area contributed by atoms with E-state index in [4.69, 9.17) is 9.52 Å². The van der Waals surface area contributed by atoms with Crippen LogP contribution in [0.2, 0.25) is 0 Å². The summed E-state index contributed by atoms with van der Waals surface area (Å²) in [6, 6.07) is 10.8. The molecule has 1 heterocycles. The van der Waals surface area contributed by atoms with E-state index in [0.29, 0.717) is 6.54 Å². The number of nitrogens with zero attached hydrogens (tertiary/aromatic N) is 2. The van der Waals surface area contributed by atoms with Crippen LogP contribution in [0.3, 0.4) is 0 Å². The average molecular weight is 527 g/mol. The van der Waals surface area contributed by atoms with Gasteiger partial charge in [0.25, 0.3) is 0 Å². The van der Waals surface area contributed by atoms with E-state index in [1.54, 1.807) is 0 Å². The van der Waals surface area contributed by atoms with Crippen LogP contribution in [-0.2, 0) is 19.4 Å². The highest BCUT2D eigenvalue weighted by atomic mass is 127. The lowest BCUT2D eigenvalue weighted by Crippen LogP contribution is -2.52. The molecule has 0 bridgehead atoms. The van der Waals surface area contributed by atoms with Crippen molar-refractivity contribution >= 4 is 29.9 Å². The second-order valence-electron chi connectivity index (χ2n) is 7.95. The van der Waals surface area contributed by atoms with Crippen LogP contribution in [0.4, 0.5) is 0 Å². The third-order valence-electron chi connectivity index (χ3n) is 4.95. The van der Waals surface area contributed by atoms with E-state index < -0.39 is 0 Å². The number of aliphatic imine (C=N–C) groups is 1. The summed E-state index contributed by atoms with van der Waals surface area (Å²) in [5.74, 6) is 1.74. The van der Waals surface area contributed by atoms with Gasteiger partial charge in [0.1, 0.15) is 5.76 Å². The van der Waals surface area contributed by atoms with Crippen LogP contribution >= 0.6 is 24.0 Å². The van der Waals surface area contributed by atoms with Crippen molar-refractivity contribution in [1.29, 1.82) is 0 Å². The second-order valence-corrected chi connectivity index (χ2v) is 7.95. The second kappa shape index (κ2) is 12.9. The summed E-state index contributed by atoms with van der Waals surface area (Å²) in [6.45, 7) is 15.0. The van der Waals surface area contributed by atoms with Gasteiger partial charge in [-0.25, -0.2) is 4.99 Å². The molecule has 0 fully saturated rings. The van der Waals surface area contributed by atoms with Crippen LogP contribution < -0.4 is 16.0 Å². The number of guanidine groups is 1. The van der Waals surface area contributed by atoms with E-state index in [1.165, 1.54) is 5.56 Å². The first-order valence-corrected chi connectivity index (χ1v) is 10.7. The normalized spacial score (nSPS) is 12.9. The quantitative estimate of drug-likeness (QED) is 0.239. The molecule has 2 aromatic rings. The summed E-state index contributed by atoms with van der Waals surface area (Å²) in [7, 11) is 0. The lowest BCUT2D eigenvalue weighted by atomic mass is 10.0. The van der Waals surface area contributed by atoms with Crippen molar-refractivity contribution in [1.82, 2.24) is 21.1 Å². The van der Waals surface area contributed by atoms with Crippen molar-refractivity contribution in [2.75, 3.05) is 13.1 Å². The van der Waals surface area contributed by atoms with Crippen LogP contribution in [0.1, 0.15) is 70.2 Å². The Hall–Kier alpha value is -1.61. The Morgan fingerprint density at radius 1 is 1.10 bits per heavy atom. The molecule has 0 aliphatic heterocycles. The van der Waals surface area contributed by atoms with E-state index in [1.807, 2.05) is 6.07 Å². The predicted molar refractivity (Wildman–Crippen MR) is 136 cm³/mol. The molecule has 1 aromatic heterocycles. The fourth-order valence-electron chi connectivity index (χ4n) is 3.38. The molecule has 6 nitrogen and oxygen atoms in total. The van der Waals surface area contributed by atoms with E-state index in [0.717, 1.165) is 48.9 Å². The first-order valence-electron chi connectivity index (χ1n) is 10.7. The Labute approximate surface area is 198 Å². The van der Waals surface area contributed by atoms with Crippen LogP contribution in [0.25, 0.3) is 0 Å². The third kappa shape index (κ3) is 7.91. The zero-order valence-electron chi connectivity index (χ0n) is 19.2. The molecule has 0 amide bonds. The van der Waals surface area contributed by atoms with Crippen molar-refractivity contribution in [3.63, 3.8) is 0 Å². The van der Waals surface area contributed by atoms with Crippen molar-refractivity contribution < 1.29 is 4.52 Å². The predicted octanol–water partition coefficient (Wildman–Crippen LogP) is 4.60. The van der Waals surface area contributed by atoms with Gasteiger partial charge in [0.15, 0.2) is 5.96 Å². The summed E-state index contributed by atoms with van der Waals surface area (Å²) >= 11 is 0. The van der Waals surface area contributed by atoms with Gasteiger partial charge in [-0.15, -0.1) is 24.0 Å². The highest BCUT2D eigenvalue weighted by Gasteiger charge is 2.21. The molecular formula is C23H38IN5O. The molecule has 1 unspecified atom stereocenters. The Morgan fingerprint density at radius 3 is 2.40 bits per heavy atom. The van der Waals surface area contributed by atoms with Gasteiger partial charge in [0.05, 0.1) is 12.2 Å². The molecule has 1 atom stereocenters. The Morgan fingerprint density at radius 2 is 1.80 bits per heavy atom. The van der Waals surface area contributed by atoms with Crippen molar-refractivity contribution in [2.45, 2.75) is 72.5 Å². The largest absolute Gasteiger partial charge is 0.361 e. The van der Waals surface area contributed by atoms with Gasteiger partial charge in [0.2, 0.25) is 0 Å². The number of benzene rings is 1. The fourth-order valence-corrected chi connectivity index (χ4v) is 3.38. The number of hydrogen-bond acceptors (Lipinski definition) is 4. The van der Waals surface area contributed by atoms with Gasteiger partial charge >= 0.3 is 0 Å². The Bertz CT molecular complexity index is 752. The van der Waals surface area contributed by atoms with Crippen LogP contribution in [0, 0.1) is 0 Å². The number of nitrogens with one attached hydrogen (secondary N) is 3. The molecule has 1 aromatic carbocycles. The van der Waals surface area contributed by atoms with E-state index in [2.05, 4.69) is 86.9 Å². The standard InChI is InChI=1S/C23H37N5O.HI/c1-7-20-19(21(8-2)29-28-20)15-25-22(24-9-3)26-16-23(5,6)27-17(4)18-13-11-10-12-14-18;/h10-14,17,27H,7-9,15-16H2,1-6H3,(H2,24,25,26);1H. The maximum Gasteiger partial charge on any atom is 0.191 e. The summed E-state index contributed by atoms with van der Waals surface area (Å²) in [5.41, 5.74) is 3.29. The molecule has 0 aliphatic rings. The van der Waals surface area contributed by atoms with Crippen molar-refractivity contribution in [2.24, 2.45) is 4.99 Å². The summed E-state index contributed by atoms with van der Waals surface area (Å²) < 4.78 is 5.46. The molecule has 30 heavy (non-hydrogen) atoms. The Balaban J connectivity index is 0.00000450. The van der Waals surface area contributed by atoms with Gasteiger partial charge in [-0.3, -0.25) is 0 Å². The molecule has 0 spiro atoms. The molecular weight excluding hydrogens is 489 g/mol. The molecule has 0 aliphatic carbocycles. The molecule has 0 saturated heterocycles. The number of halogens is 1. The first-order chi connectivity index (χ1) is 13.9. The SMILES string of the molecule is CCNC(=NCc1c(CC)noc1CC)NCC(C)(C)NC(C)c1ccccc1.I. The summed E-state index contributed by atoms with van der Waals surface area (Å²) in [4.78, 5) is 4.78. The maximum atomic E-state index is 5.46. The minimum absolute atomic E-state index is 0. The van der Waals surface area contributed by atoms with Gasteiger partial charge in [-0.2, -0.15) is 0 Å². The molecule has 2 rings (SSSR count). The number of aryl methyl sites for hydroxylation is 2. The molecule has 7 heteroatoms. The lowest BCUT2D eigenvalue weighted by Gasteiger charge is -2.31. The summed E-state index contributed by atoms with van der Waals surface area (Å²) in [6.07, 6.45) is 1.68. The first kappa shape index (κ1) is 26.4. The molecule has 168 valence electrons. The summed E-state index contributed by atoms with van der Waals surface area (Å²) in [5, 5.41) is 14.7. The maximum absolute atomic E-state index is 5.46. The van der Waals surface area contributed by atoms with Gasteiger partial charge in [0, 0.05) is 36.7 Å². The van der Waals surface area contributed by atoms with E-state index >= 15 is 0 Å². The van der Waals surface area contributed by atoms with Crippen molar-refractivity contribution in [3.05, 3.63) is 52.9 Å². The minimum atomic E-state index is -0.105. The lowest BCUT2D eigenvalue weighted by molar-refractivity contribution is 0.345. The van der Waals surface area contributed by atoms with Crippen LogP contribution in [0.15, 0.2) is 39.8 Å². The third-order valence-corrected chi connectivity index (χ3v) is 4.95. The van der Waals surface area contributed by atoms with E-state index in [-0.39, 0.29) is 35.6 Å². The smallest absolute Gasteiger partial charge is 0.191 e.